The fourth-order valence-electron chi connectivity index (χ4n) is 2.02. The van der Waals surface area contributed by atoms with Gasteiger partial charge in [0.15, 0.2) is 0 Å². The van der Waals surface area contributed by atoms with Crippen molar-refractivity contribution < 1.29 is 42.5 Å². The van der Waals surface area contributed by atoms with Crippen molar-refractivity contribution in [3.63, 3.8) is 0 Å². The first-order valence-electron chi connectivity index (χ1n) is 7.28. The van der Waals surface area contributed by atoms with Crippen LogP contribution >= 0.6 is 46.1 Å². The van der Waals surface area contributed by atoms with Crippen LogP contribution in [0.15, 0.2) is 6.07 Å². The van der Waals surface area contributed by atoms with Gasteiger partial charge in [-0.05, 0) is 18.1 Å². The molecule has 0 aliphatic carbocycles. The Bertz CT molecular complexity index is 735. The monoisotopic (exact) mass is 485 g/mol. The number of hydrogen-bond donors (Lipinski definition) is 2. The summed E-state index contributed by atoms with van der Waals surface area (Å²) in [5.74, 6) is -4.16. The number of hydrogen-bond acceptors (Lipinski definition) is 6. The highest BCUT2D eigenvalue weighted by Crippen LogP contribution is 2.30. The van der Waals surface area contributed by atoms with Crippen molar-refractivity contribution >= 4 is 64.0 Å². The SMILES string of the molecule is O=C(O)C(F)(F)F.O=C(O)CN1CCc2cc(C(=O)OCC(Cl)(Cl)Cl)sc2C1. The van der Waals surface area contributed by atoms with Crippen molar-refractivity contribution in [3.8, 4) is 0 Å². The van der Waals surface area contributed by atoms with Crippen molar-refractivity contribution in [2.75, 3.05) is 19.7 Å². The van der Waals surface area contributed by atoms with E-state index in [1.807, 2.05) is 4.90 Å². The van der Waals surface area contributed by atoms with Gasteiger partial charge in [-0.25, -0.2) is 9.59 Å². The Morgan fingerprint density at radius 2 is 1.79 bits per heavy atom. The Labute approximate surface area is 175 Å². The molecular formula is C14H13Cl3F3NO6S. The zero-order chi connectivity index (χ0) is 21.7. The molecule has 0 spiro atoms. The molecule has 0 amide bonds. The van der Waals surface area contributed by atoms with Crippen LogP contribution < -0.4 is 0 Å². The van der Waals surface area contributed by atoms with E-state index in [1.54, 1.807) is 6.07 Å². The van der Waals surface area contributed by atoms with Crippen LogP contribution in [-0.2, 0) is 27.3 Å². The predicted molar refractivity (Wildman–Crippen MR) is 95.2 cm³/mol. The lowest BCUT2D eigenvalue weighted by Gasteiger charge is -2.24. The van der Waals surface area contributed by atoms with Gasteiger partial charge in [-0.1, -0.05) is 34.8 Å². The molecule has 1 aliphatic rings. The number of thiophene rings is 1. The van der Waals surface area contributed by atoms with Gasteiger partial charge in [0.05, 0.1) is 6.54 Å². The molecule has 0 fully saturated rings. The summed E-state index contributed by atoms with van der Waals surface area (Å²) in [5, 5.41) is 15.9. The summed E-state index contributed by atoms with van der Waals surface area (Å²) in [6.45, 7) is 0.845. The molecule has 158 valence electrons. The number of nitrogens with zero attached hydrogens (tertiary/aromatic N) is 1. The zero-order valence-electron chi connectivity index (χ0n) is 13.8. The van der Waals surface area contributed by atoms with Crippen LogP contribution in [0, 0.1) is 0 Å². The third-order valence-electron chi connectivity index (χ3n) is 3.13. The highest BCUT2D eigenvalue weighted by atomic mass is 35.6. The minimum atomic E-state index is -5.08. The maximum absolute atomic E-state index is 11.9. The molecule has 2 heterocycles. The highest BCUT2D eigenvalue weighted by molar-refractivity contribution is 7.14. The van der Waals surface area contributed by atoms with Crippen molar-refractivity contribution in [1.82, 2.24) is 4.90 Å². The van der Waals surface area contributed by atoms with Crippen LogP contribution in [0.4, 0.5) is 13.2 Å². The summed E-state index contributed by atoms with van der Waals surface area (Å²) < 4.78 is 35.0. The highest BCUT2D eigenvalue weighted by Gasteiger charge is 2.38. The van der Waals surface area contributed by atoms with E-state index < -0.39 is 27.9 Å². The second-order valence-corrected chi connectivity index (χ2v) is 9.06. The molecule has 0 atom stereocenters. The minimum Gasteiger partial charge on any atom is -0.480 e. The van der Waals surface area contributed by atoms with E-state index in [2.05, 4.69) is 0 Å². The number of carboxylic acids is 2. The number of carbonyl (C=O) groups excluding carboxylic acids is 1. The number of carbonyl (C=O) groups is 3. The Morgan fingerprint density at radius 3 is 2.25 bits per heavy atom. The lowest BCUT2D eigenvalue weighted by molar-refractivity contribution is -0.192. The third-order valence-corrected chi connectivity index (χ3v) is 4.60. The van der Waals surface area contributed by atoms with Gasteiger partial charge in [0.2, 0.25) is 3.79 Å². The average molecular weight is 487 g/mol. The quantitative estimate of drug-likeness (QED) is 0.497. The number of esters is 1. The molecule has 0 bridgehead atoms. The standard InChI is InChI=1S/C12H12Cl3NO4S.C2HF3O2/c13-12(14,15)6-20-11(19)8-3-7-1-2-16(5-10(17)18)4-9(7)21-8;3-2(4,5)1(6)7/h3H,1-2,4-6H2,(H,17,18);(H,6,7). The van der Waals surface area contributed by atoms with Crippen molar-refractivity contribution in [3.05, 3.63) is 21.4 Å². The number of rotatable bonds is 4. The predicted octanol–water partition coefficient (Wildman–Crippen LogP) is 3.35. The van der Waals surface area contributed by atoms with Gasteiger partial charge >= 0.3 is 24.1 Å². The second kappa shape index (κ2) is 9.97. The van der Waals surface area contributed by atoms with Crippen LogP contribution in [0.5, 0.6) is 0 Å². The van der Waals surface area contributed by atoms with Crippen LogP contribution in [0.25, 0.3) is 0 Å². The molecule has 0 saturated heterocycles. The van der Waals surface area contributed by atoms with Crippen LogP contribution in [0.3, 0.4) is 0 Å². The summed E-state index contributed by atoms with van der Waals surface area (Å²) in [7, 11) is 0. The summed E-state index contributed by atoms with van der Waals surface area (Å²) >= 11 is 17.9. The topological polar surface area (TPSA) is 104 Å². The Hall–Kier alpha value is -1.27. The van der Waals surface area contributed by atoms with E-state index in [-0.39, 0.29) is 13.2 Å². The summed E-state index contributed by atoms with van der Waals surface area (Å²) in [5.41, 5.74) is 1.04. The molecule has 0 saturated carbocycles. The first-order chi connectivity index (χ1) is 12.7. The molecule has 28 heavy (non-hydrogen) atoms. The zero-order valence-corrected chi connectivity index (χ0v) is 16.8. The number of aliphatic carboxylic acids is 2. The summed E-state index contributed by atoms with van der Waals surface area (Å²) in [6, 6.07) is 1.76. The van der Waals surface area contributed by atoms with E-state index in [4.69, 9.17) is 54.5 Å². The molecule has 14 heteroatoms. The molecule has 2 N–H and O–H groups in total. The smallest absolute Gasteiger partial charge is 0.480 e. The molecule has 0 radical (unpaired) electrons. The molecule has 1 aromatic heterocycles. The van der Waals surface area contributed by atoms with Crippen LogP contribution in [0.2, 0.25) is 0 Å². The van der Waals surface area contributed by atoms with Gasteiger partial charge in [-0.15, -0.1) is 11.3 Å². The molecule has 1 aromatic rings. The van der Waals surface area contributed by atoms with Gasteiger partial charge in [-0.2, -0.15) is 13.2 Å². The molecule has 0 unspecified atom stereocenters. The molecule has 2 rings (SSSR count). The van der Waals surface area contributed by atoms with Gasteiger partial charge in [0, 0.05) is 18.0 Å². The maximum Gasteiger partial charge on any atom is 0.490 e. The molecule has 7 nitrogen and oxygen atoms in total. The molecule has 1 aliphatic heterocycles. The maximum atomic E-state index is 11.9. The van der Waals surface area contributed by atoms with Gasteiger partial charge in [0.25, 0.3) is 0 Å². The van der Waals surface area contributed by atoms with E-state index in [1.165, 1.54) is 11.3 Å². The Kier molecular flexibility index (Phi) is 8.82. The minimum absolute atomic E-state index is 0.00954. The number of halogens is 6. The first kappa shape index (κ1) is 24.8. The average Bonchev–Trinajstić information content (AvgIpc) is 2.94. The molecule has 0 aromatic carbocycles. The number of fused-ring (bicyclic) bond motifs is 1. The van der Waals surface area contributed by atoms with Crippen LogP contribution in [0.1, 0.15) is 20.1 Å². The largest absolute Gasteiger partial charge is 0.490 e. The first-order valence-corrected chi connectivity index (χ1v) is 9.24. The third kappa shape index (κ3) is 8.82. The lowest BCUT2D eigenvalue weighted by atomic mass is 10.1. The van der Waals surface area contributed by atoms with Gasteiger partial charge < -0.3 is 14.9 Å². The fraction of sp³-hybridized carbons (Fsp3) is 0.500. The van der Waals surface area contributed by atoms with E-state index in [9.17, 15) is 22.8 Å². The van der Waals surface area contributed by atoms with Gasteiger partial charge in [-0.3, -0.25) is 9.69 Å². The molecular weight excluding hydrogens is 474 g/mol. The Morgan fingerprint density at radius 1 is 1.21 bits per heavy atom. The van der Waals surface area contributed by atoms with Crippen molar-refractivity contribution in [2.24, 2.45) is 0 Å². The Balaban J connectivity index is 0.000000480. The number of carboxylic acid groups (broad SMARTS) is 2. The van der Waals surface area contributed by atoms with Crippen molar-refractivity contribution in [2.45, 2.75) is 22.9 Å². The van der Waals surface area contributed by atoms with Crippen molar-refractivity contribution in [1.29, 1.82) is 0 Å². The van der Waals surface area contributed by atoms with E-state index in [0.29, 0.717) is 24.4 Å². The fourth-order valence-corrected chi connectivity index (χ4v) is 3.33. The van der Waals surface area contributed by atoms with Gasteiger partial charge in [0.1, 0.15) is 11.5 Å². The van der Waals surface area contributed by atoms with Crippen LogP contribution in [-0.4, -0.2) is 62.7 Å². The van der Waals surface area contributed by atoms with E-state index >= 15 is 0 Å². The number of ether oxygens (including phenoxy) is 1. The lowest BCUT2D eigenvalue weighted by Crippen LogP contribution is -2.33. The summed E-state index contributed by atoms with van der Waals surface area (Å²) in [6.07, 6.45) is -4.38. The second-order valence-electron chi connectivity index (χ2n) is 5.41. The normalized spacial score (nSPS) is 14.5. The van der Waals surface area contributed by atoms with E-state index in [0.717, 1.165) is 10.4 Å². The number of alkyl halides is 6. The summed E-state index contributed by atoms with van der Waals surface area (Å²) in [4.78, 5) is 34.7.